The van der Waals surface area contributed by atoms with Crippen molar-refractivity contribution in [2.75, 3.05) is 48.8 Å². The van der Waals surface area contributed by atoms with E-state index in [4.69, 9.17) is 34.8 Å². The number of nitrogens with zero attached hydrogens (tertiary/aromatic N) is 5. The summed E-state index contributed by atoms with van der Waals surface area (Å²) in [6.45, 7) is 3.78. The van der Waals surface area contributed by atoms with Crippen LogP contribution in [0.4, 0.5) is 23.1 Å². The van der Waals surface area contributed by atoms with Gasteiger partial charge in [0.15, 0.2) is 0 Å². The van der Waals surface area contributed by atoms with Crippen LogP contribution < -0.4 is 15.5 Å². The summed E-state index contributed by atoms with van der Waals surface area (Å²) in [5, 5.41) is 6.63. The molecular formula is C21H20Cl3N7O. The lowest BCUT2D eigenvalue weighted by Gasteiger charge is -2.33. The predicted octanol–water partition coefficient (Wildman–Crippen LogP) is 4.58. The average Bonchev–Trinajstić information content (AvgIpc) is 2.74. The Morgan fingerprint density at radius 1 is 0.938 bits per heavy atom. The average molecular weight is 493 g/mol. The Labute approximate surface area is 200 Å². The molecule has 1 aliphatic heterocycles. The fourth-order valence-electron chi connectivity index (χ4n) is 3.28. The van der Waals surface area contributed by atoms with Gasteiger partial charge in [0.25, 0.3) is 5.91 Å². The molecule has 8 nitrogen and oxygen atoms in total. The number of nitrogens with one attached hydrogen (secondary N) is 2. The Balaban J connectivity index is 1.47. The van der Waals surface area contributed by atoms with Crippen LogP contribution >= 0.6 is 34.8 Å². The number of hydrogen-bond acceptors (Lipinski definition) is 7. The fraction of sp³-hybridized carbons (Fsp3) is 0.238. The van der Waals surface area contributed by atoms with E-state index in [0.29, 0.717) is 22.3 Å². The van der Waals surface area contributed by atoms with Crippen LogP contribution in [0, 0.1) is 0 Å². The summed E-state index contributed by atoms with van der Waals surface area (Å²) in [4.78, 5) is 30.2. The maximum absolute atomic E-state index is 12.7. The molecule has 166 valence electrons. The van der Waals surface area contributed by atoms with Crippen molar-refractivity contribution in [3.63, 3.8) is 0 Å². The third-order valence-corrected chi connectivity index (χ3v) is 5.80. The van der Waals surface area contributed by atoms with Gasteiger partial charge in [-0.2, -0.15) is 0 Å². The third kappa shape index (κ3) is 5.39. The summed E-state index contributed by atoms with van der Waals surface area (Å²) in [5.41, 5.74) is 0.666. The first kappa shape index (κ1) is 22.5. The first-order valence-corrected chi connectivity index (χ1v) is 11.0. The highest BCUT2D eigenvalue weighted by molar-refractivity contribution is 6.42. The van der Waals surface area contributed by atoms with Gasteiger partial charge in [0, 0.05) is 55.2 Å². The van der Waals surface area contributed by atoms with Crippen LogP contribution in [0.15, 0.2) is 42.9 Å². The molecule has 0 unspecified atom stereocenters. The maximum atomic E-state index is 12.7. The Kier molecular flexibility index (Phi) is 6.95. The molecule has 0 bridgehead atoms. The van der Waals surface area contributed by atoms with Crippen molar-refractivity contribution < 1.29 is 4.79 Å². The van der Waals surface area contributed by atoms with E-state index in [2.05, 4.69) is 42.4 Å². The second-order valence-electron chi connectivity index (χ2n) is 7.31. The van der Waals surface area contributed by atoms with Crippen molar-refractivity contribution in [1.29, 1.82) is 0 Å². The Morgan fingerprint density at radius 2 is 1.62 bits per heavy atom. The van der Waals surface area contributed by atoms with Gasteiger partial charge >= 0.3 is 0 Å². The molecule has 4 rings (SSSR count). The van der Waals surface area contributed by atoms with Crippen LogP contribution in [0.2, 0.25) is 15.1 Å². The lowest BCUT2D eigenvalue weighted by molar-refractivity contribution is 0.102. The first-order valence-electron chi connectivity index (χ1n) is 9.83. The molecule has 0 spiro atoms. The lowest BCUT2D eigenvalue weighted by Crippen LogP contribution is -2.44. The molecule has 1 saturated heterocycles. The molecule has 1 fully saturated rings. The minimum atomic E-state index is -0.451. The standard InChI is InChI=1S/C21H20Cl3N7O/c1-30-4-6-31(7-5-30)19-11-18(26-12-27-19)29-17-10-14(2-3-25-17)28-21(32)20-15(23)8-13(22)9-16(20)24/h2-3,8-12H,4-7H2,1H3,(H2,25,26,27,28,29,32). The molecular weight excluding hydrogens is 473 g/mol. The summed E-state index contributed by atoms with van der Waals surface area (Å²) in [5.74, 6) is 1.52. The monoisotopic (exact) mass is 491 g/mol. The van der Waals surface area contributed by atoms with Crippen LogP contribution in [0.5, 0.6) is 0 Å². The van der Waals surface area contributed by atoms with E-state index < -0.39 is 5.91 Å². The molecule has 0 saturated carbocycles. The van der Waals surface area contributed by atoms with E-state index in [0.717, 1.165) is 32.0 Å². The summed E-state index contributed by atoms with van der Waals surface area (Å²) < 4.78 is 0. The van der Waals surface area contributed by atoms with Crippen LogP contribution in [0.1, 0.15) is 10.4 Å². The number of amides is 1. The highest BCUT2D eigenvalue weighted by Gasteiger charge is 2.17. The van der Waals surface area contributed by atoms with Gasteiger partial charge < -0.3 is 20.4 Å². The van der Waals surface area contributed by atoms with Crippen molar-refractivity contribution in [2.24, 2.45) is 0 Å². The van der Waals surface area contributed by atoms with E-state index >= 15 is 0 Å². The normalized spacial score (nSPS) is 14.3. The van der Waals surface area contributed by atoms with Crippen LogP contribution in [-0.4, -0.2) is 59.0 Å². The van der Waals surface area contributed by atoms with Gasteiger partial charge in [-0.25, -0.2) is 15.0 Å². The number of rotatable bonds is 5. The number of aromatic nitrogens is 3. The molecule has 2 aromatic heterocycles. The summed E-state index contributed by atoms with van der Waals surface area (Å²) in [6, 6.07) is 8.17. The SMILES string of the molecule is CN1CCN(c2cc(Nc3cc(NC(=O)c4c(Cl)cc(Cl)cc4Cl)ccn3)ncn2)CC1. The van der Waals surface area contributed by atoms with Crippen LogP contribution in [0.25, 0.3) is 0 Å². The van der Waals surface area contributed by atoms with Gasteiger partial charge in [-0.3, -0.25) is 4.79 Å². The molecule has 0 radical (unpaired) electrons. The van der Waals surface area contributed by atoms with Crippen molar-refractivity contribution in [2.45, 2.75) is 0 Å². The quantitative estimate of drug-likeness (QED) is 0.539. The first-order chi connectivity index (χ1) is 15.4. The zero-order chi connectivity index (χ0) is 22.7. The molecule has 0 atom stereocenters. The second-order valence-corrected chi connectivity index (χ2v) is 8.56. The van der Waals surface area contributed by atoms with Crippen molar-refractivity contribution in [3.05, 3.63) is 63.5 Å². The van der Waals surface area contributed by atoms with Gasteiger partial charge in [0.1, 0.15) is 23.8 Å². The summed E-state index contributed by atoms with van der Waals surface area (Å²) in [6.07, 6.45) is 3.09. The van der Waals surface area contributed by atoms with Gasteiger partial charge in [-0.15, -0.1) is 0 Å². The number of hydrogen-bond donors (Lipinski definition) is 2. The number of benzene rings is 1. The van der Waals surface area contributed by atoms with Gasteiger partial charge in [-0.1, -0.05) is 34.8 Å². The minimum absolute atomic E-state index is 0.150. The highest BCUT2D eigenvalue weighted by Crippen LogP contribution is 2.30. The molecule has 2 N–H and O–H groups in total. The summed E-state index contributed by atoms with van der Waals surface area (Å²) >= 11 is 18.2. The van der Waals surface area contributed by atoms with E-state index in [-0.39, 0.29) is 15.6 Å². The predicted molar refractivity (Wildman–Crippen MR) is 129 cm³/mol. The molecule has 1 aliphatic rings. The number of carbonyl (C=O) groups excluding carboxylic acids is 1. The maximum Gasteiger partial charge on any atom is 0.258 e. The molecule has 0 aliphatic carbocycles. The van der Waals surface area contributed by atoms with Gasteiger partial charge in [-0.05, 0) is 25.2 Å². The largest absolute Gasteiger partial charge is 0.354 e. The molecule has 32 heavy (non-hydrogen) atoms. The number of anilines is 4. The number of carbonyl (C=O) groups is 1. The van der Waals surface area contributed by atoms with Crippen LogP contribution in [-0.2, 0) is 0 Å². The van der Waals surface area contributed by atoms with Crippen molar-refractivity contribution >= 4 is 63.9 Å². The molecule has 1 amide bonds. The van der Waals surface area contributed by atoms with E-state index in [1.165, 1.54) is 18.5 Å². The van der Waals surface area contributed by atoms with Gasteiger partial charge in [0.2, 0.25) is 0 Å². The number of piperazine rings is 1. The zero-order valence-electron chi connectivity index (χ0n) is 17.1. The van der Waals surface area contributed by atoms with Gasteiger partial charge in [0.05, 0.1) is 15.6 Å². The lowest BCUT2D eigenvalue weighted by atomic mass is 10.2. The smallest absolute Gasteiger partial charge is 0.258 e. The number of halogens is 3. The highest BCUT2D eigenvalue weighted by atomic mass is 35.5. The Hall–Kier alpha value is -2.65. The van der Waals surface area contributed by atoms with E-state index in [1.807, 2.05) is 6.07 Å². The van der Waals surface area contributed by atoms with E-state index in [1.54, 1.807) is 18.3 Å². The van der Waals surface area contributed by atoms with Crippen molar-refractivity contribution in [3.8, 4) is 0 Å². The molecule has 11 heteroatoms. The minimum Gasteiger partial charge on any atom is -0.354 e. The summed E-state index contributed by atoms with van der Waals surface area (Å²) in [7, 11) is 2.11. The molecule has 3 heterocycles. The fourth-order valence-corrected chi connectivity index (χ4v) is 4.27. The topological polar surface area (TPSA) is 86.3 Å². The number of pyridine rings is 1. The van der Waals surface area contributed by atoms with E-state index in [9.17, 15) is 4.79 Å². The Bertz CT molecular complexity index is 1110. The second kappa shape index (κ2) is 9.87. The molecule has 1 aromatic carbocycles. The molecule has 3 aromatic rings. The van der Waals surface area contributed by atoms with Crippen LogP contribution in [0.3, 0.4) is 0 Å². The Morgan fingerprint density at radius 3 is 2.34 bits per heavy atom. The zero-order valence-corrected chi connectivity index (χ0v) is 19.4. The van der Waals surface area contributed by atoms with Crippen molar-refractivity contribution in [1.82, 2.24) is 19.9 Å². The third-order valence-electron chi connectivity index (χ3n) is 4.99. The number of likely N-dealkylation sites (N-methyl/N-ethyl adjacent to an activating group) is 1.